The van der Waals surface area contributed by atoms with Crippen LogP contribution in [0.1, 0.15) is 78.4 Å². The number of hydrogen-bond donors (Lipinski definition) is 0. The molecule has 0 aromatic heterocycles. The normalized spacial score (nSPS) is 18.3. The fourth-order valence-corrected chi connectivity index (χ4v) is 7.59. The van der Waals surface area contributed by atoms with E-state index in [1.54, 1.807) is 10.7 Å². The molecule has 46 heavy (non-hydrogen) atoms. The van der Waals surface area contributed by atoms with Gasteiger partial charge in [-0.1, -0.05) is 111 Å². The summed E-state index contributed by atoms with van der Waals surface area (Å²) in [6.45, 7) is 21.6. The zero-order valence-electron chi connectivity index (χ0n) is 27.8. The minimum atomic E-state index is -2.03. The molecule has 0 unspecified atom stereocenters. The van der Waals surface area contributed by atoms with Crippen molar-refractivity contribution in [3.05, 3.63) is 124 Å². The van der Waals surface area contributed by atoms with Gasteiger partial charge in [0.05, 0.1) is 0 Å². The number of nitro groups is 1. The van der Waals surface area contributed by atoms with Gasteiger partial charge in [0.1, 0.15) is 0 Å². The van der Waals surface area contributed by atoms with Crippen LogP contribution < -0.4 is 4.74 Å². The molecule has 250 valence electrons. The predicted molar refractivity (Wildman–Crippen MR) is 194 cm³/mol. The summed E-state index contributed by atoms with van der Waals surface area (Å²) in [7, 11) is 11.6. The summed E-state index contributed by atoms with van der Waals surface area (Å²) in [6.07, 6.45) is 10.6. The number of rotatable bonds is 12. The maximum absolute atomic E-state index is 10.7. The maximum atomic E-state index is 10.7. The van der Waals surface area contributed by atoms with E-state index in [2.05, 4.69) is 113 Å². The Morgan fingerprint density at radius 2 is 1.80 bits per heavy atom. The van der Waals surface area contributed by atoms with E-state index in [0.717, 1.165) is 32.2 Å². The van der Waals surface area contributed by atoms with Gasteiger partial charge >= 0.3 is 112 Å². The third-order valence-electron chi connectivity index (χ3n) is 8.22. The van der Waals surface area contributed by atoms with Gasteiger partial charge in [-0.2, -0.15) is 0 Å². The van der Waals surface area contributed by atoms with E-state index in [1.807, 2.05) is 6.92 Å². The number of fused-ring (bicyclic) bond motifs is 1. The first-order valence-corrected chi connectivity index (χ1v) is 21.2. The minimum absolute atomic E-state index is 0.00356. The zero-order chi connectivity index (χ0) is 33.9. The molecule has 0 radical (unpaired) electrons. The molecule has 0 aliphatic carbocycles. The van der Waals surface area contributed by atoms with Crippen molar-refractivity contribution in [3.63, 3.8) is 0 Å². The molecular weight excluding hydrogens is 704 g/mol. The fraction of sp³-hybridized carbons (Fsp3) is 0.368. The quantitative estimate of drug-likeness (QED) is 0.0608. The Labute approximate surface area is 288 Å². The molecule has 0 bridgehead atoms. The van der Waals surface area contributed by atoms with Crippen molar-refractivity contribution in [2.75, 3.05) is 13.2 Å². The Hall–Kier alpha value is -2.63. The average Bonchev–Trinajstić information content (AvgIpc) is 3.26. The summed E-state index contributed by atoms with van der Waals surface area (Å²) in [5.41, 5.74) is 4.82. The third-order valence-corrected chi connectivity index (χ3v) is 10.1. The third kappa shape index (κ3) is 10.4. The van der Waals surface area contributed by atoms with E-state index in [0.29, 0.717) is 17.9 Å². The van der Waals surface area contributed by atoms with E-state index in [1.165, 1.54) is 39.6 Å². The molecule has 1 atom stereocenters. The van der Waals surface area contributed by atoms with Crippen LogP contribution in [0, 0.1) is 16.7 Å². The second kappa shape index (κ2) is 17.5. The Kier molecular flexibility index (Phi) is 14.4. The van der Waals surface area contributed by atoms with Gasteiger partial charge in [-0.05, 0) is 49.5 Å². The molecule has 1 fully saturated rings. The van der Waals surface area contributed by atoms with Gasteiger partial charge in [0.2, 0.25) is 0 Å². The molecule has 3 aromatic rings. The van der Waals surface area contributed by atoms with Gasteiger partial charge in [0, 0.05) is 0 Å². The van der Waals surface area contributed by atoms with Crippen LogP contribution >= 0.6 is 19.4 Å². The van der Waals surface area contributed by atoms with Gasteiger partial charge in [0.15, 0.2) is 0 Å². The number of likely N-dealkylation sites (tertiary alicyclic amines) is 1. The Bertz CT molecular complexity index is 1610. The number of hydrogen-bond acceptors (Lipinski definition) is 4. The van der Waals surface area contributed by atoms with Crippen molar-refractivity contribution in [2.24, 2.45) is 0 Å². The molecular formula is C38H47Cl2N2O3Ru-. The van der Waals surface area contributed by atoms with Crippen molar-refractivity contribution in [2.45, 2.75) is 78.2 Å². The van der Waals surface area contributed by atoms with Crippen molar-refractivity contribution >= 4 is 40.5 Å². The fourth-order valence-electron chi connectivity index (χ4n) is 5.81. The molecule has 5 nitrogen and oxygen atoms in total. The standard InChI is InChI=1S/C28H36N.C10H11NO3.2ClH.Ru/c1-7-22(3)13-11-14-23(8-2)19-29-21-28(6,20-27(29,4)5)26-18-12-16-24-15-9-10-17-25(24)26;1-3-6-14-10-5-4-9(11(12)13)7-8(10)2;;;/h9-18,21H,3,7-8,19-20H2,1-2,4-6H3;2,4-5,7H,3,6H2,1H3;2*1H;/q-1;;;;+2/p-2/b13-11-,23-14-;;;;/t28-;;;;/m0..../s1. The molecule has 4 rings (SSSR count). The first kappa shape index (κ1) is 37.8. The molecule has 3 aromatic carbocycles. The molecule has 1 heterocycles. The van der Waals surface area contributed by atoms with Gasteiger partial charge in [-0.25, -0.2) is 0 Å². The number of ether oxygens (including phenoxy) is 1. The molecule has 1 aliphatic heterocycles. The topological polar surface area (TPSA) is 55.6 Å². The van der Waals surface area contributed by atoms with Gasteiger partial charge < -0.3 is 4.90 Å². The van der Waals surface area contributed by atoms with Gasteiger partial charge in [0.25, 0.3) is 0 Å². The van der Waals surface area contributed by atoms with Crippen LogP contribution in [-0.2, 0) is 18.9 Å². The summed E-state index contributed by atoms with van der Waals surface area (Å²) in [5.74, 6) is 0.581. The van der Waals surface area contributed by atoms with Crippen LogP contribution in [0.4, 0.5) is 5.69 Å². The molecule has 8 heteroatoms. The van der Waals surface area contributed by atoms with E-state index < -0.39 is 18.4 Å². The van der Waals surface area contributed by atoms with Crippen LogP contribution in [0.15, 0.2) is 96.6 Å². The molecule has 1 aliphatic rings. The second-order valence-corrected chi connectivity index (χ2v) is 18.1. The summed E-state index contributed by atoms with van der Waals surface area (Å²) >= 11 is -2.03. The van der Waals surface area contributed by atoms with E-state index in [-0.39, 0.29) is 16.6 Å². The van der Waals surface area contributed by atoms with Gasteiger partial charge in [-0.15, -0.1) is 5.41 Å². The number of halogens is 2. The molecule has 0 amide bonds. The van der Waals surface area contributed by atoms with Crippen molar-refractivity contribution < 1.29 is 23.2 Å². The van der Waals surface area contributed by atoms with Crippen LogP contribution in [0.3, 0.4) is 0 Å². The van der Waals surface area contributed by atoms with E-state index in [4.69, 9.17) is 24.1 Å². The summed E-state index contributed by atoms with van der Waals surface area (Å²) in [6, 6.07) is 19.9. The Balaban J connectivity index is 0.000000289. The number of non-ortho nitro benzene ring substituents is 1. The zero-order valence-corrected chi connectivity index (χ0v) is 31.1. The molecule has 0 spiro atoms. The Morgan fingerprint density at radius 1 is 1.09 bits per heavy atom. The average molecular weight is 752 g/mol. The number of nitro benzene ring substituents is 1. The van der Waals surface area contributed by atoms with E-state index in [9.17, 15) is 10.1 Å². The monoisotopic (exact) mass is 751 g/mol. The Morgan fingerprint density at radius 3 is 2.46 bits per heavy atom. The molecule has 0 saturated carbocycles. The number of benzene rings is 3. The summed E-state index contributed by atoms with van der Waals surface area (Å²) in [5, 5.41) is 13.4. The molecule has 0 N–H and O–H groups in total. The van der Waals surface area contributed by atoms with Crippen LogP contribution in [0.5, 0.6) is 5.75 Å². The van der Waals surface area contributed by atoms with Crippen molar-refractivity contribution in [1.29, 1.82) is 0 Å². The second-order valence-electron chi connectivity index (χ2n) is 12.4. The summed E-state index contributed by atoms with van der Waals surface area (Å²) in [4.78, 5) is 12.8. The predicted octanol–water partition coefficient (Wildman–Crippen LogP) is 11.1. The van der Waals surface area contributed by atoms with Crippen molar-refractivity contribution in [3.8, 4) is 5.75 Å². The first-order chi connectivity index (χ1) is 21.8. The van der Waals surface area contributed by atoms with Crippen LogP contribution in [-0.4, -0.2) is 33.1 Å². The van der Waals surface area contributed by atoms with E-state index >= 15 is 0 Å². The number of nitrogens with zero attached hydrogens (tertiary/aromatic N) is 2. The SMILES string of the molecule is C=C(/C=C\C=C(\CC)CN1[CH-][C@@](C)(c2cccc3ccccc23)CC1(C)C)CC.CCCOc1ccc([N+](=O)[O-])cc1[CH]=[Ru]([Cl])[Cl]. The first-order valence-electron chi connectivity index (χ1n) is 15.7. The van der Waals surface area contributed by atoms with Gasteiger partial charge in [-0.3, -0.25) is 6.54 Å². The summed E-state index contributed by atoms with van der Waals surface area (Å²) < 4.78 is 7.12. The number of allylic oxidation sites excluding steroid dienone is 4. The van der Waals surface area contributed by atoms with Crippen LogP contribution in [0.25, 0.3) is 10.8 Å². The molecule has 1 saturated heterocycles. The van der Waals surface area contributed by atoms with Crippen LogP contribution in [0.2, 0.25) is 0 Å². The van der Waals surface area contributed by atoms with Crippen molar-refractivity contribution in [1.82, 2.24) is 4.90 Å².